The zero-order valence-corrected chi connectivity index (χ0v) is 12.6. The van der Waals surface area contributed by atoms with Gasteiger partial charge in [0, 0.05) is 12.3 Å². The summed E-state index contributed by atoms with van der Waals surface area (Å²) in [6.45, 7) is 3.69. The van der Waals surface area contributed by atoms with Gasteiger partial charge in [-0.15, -0.1) is 6.58 Å². The van der Waals surface area contributed by atoms with Crippen LogP contribution in [-0.2, 0) is 0 Å². The number of non-ortho nitro benzene ring substituents is 1. The predicted molar refractivity (Wildman–Crippen MR) is 87.5 cm³/mol. The van der Waals surface area contributed by atoms with Crippen LogP contribution in [0.4, 0.5) is 17.1 Å². The van der Waals surface area contributed by atoms with Gasteiger partial charge in [-0.2, -0.15) is 5.10 Å². The van der Waals surface area contributed by atoms with Crippen LogP contribution >= 0.6 is 0 Å². The van der Waals surface area contributed by atoms with E-state index in [0.29, 0.717) is 11.8 Å². The van der Waals surface area contributed by atoms with Crippen LogP contribution in [-0.4, -0.2) is 16.1 Å². The van der Waals surface area contributed by atoms with E-state index in [1.54, 1.807) is 6.21 Å². The van der Waals surface area contributed by atoms with E-state index in [1.165, 1.54) is 12.1 Å². The number of nitro benzene ring substituents is 2. The van der Waals surface area contributed by atoms with Crippen LogP contribution in [0, 0.1) is 32.1 Å². The first-order valence-corrected chi connectivity index (χ1v) is 7.36. The summed E-state index contributed by atoms with van der Waals surface area (Å²) < 4.78 is 0. The number of nitrogens with zero attached hydrogens (tertiary/aromatic N) is 3. The Labute approximate surface area is 133 Å². The fraction of sp³-hybridized carbons (Fsp3) is 0.400. The minimum atomic E-state index is -0.669. The van der Waals surface area contributed by atoms with Gasteiger partial charge in [-0.05, 0) is 43.6 Å². The normalized spacial score (nSPS) is 19.5. The molecule has 0 heterocycles. The van der Waals surface area contributed by atoms with Gasteiger partial charge in [0.05, 0.1) is 15.9 Å². The van der Waals surface area contributed by atoms with Crippen molar-refractivity contribution in [2.45, 2.75) is 25.7 Å². The van der Waals surface area contributed by atoms with E-state index < -0.39 is 9.85 Å². The number of anilines is 1. The first-order chi connectivity index (χ1) is 11.0. The summed E-state index contributed by atoms with van der Waals surface area (Å²) in [5.74, 6) is 1.01. The van der Waals surface area contributed by atoms with Crippen molar-refractivity contribution in [3.63, 3.8) is 0 Å². The molecule has 0 aliphatic heterocycles. The highest BCUT2D eigenvalue weighted by Crippen LogP contribution is 2.41. The van der Waals surface area contributed by atoms with E-state index in [9.17, 15) is 20.2 Å². The van der Waals surface area contributed by atoms with E-state index in [-0.39, 0.29) is 17.1 Å². The van der Waals surface area contributed by atoms with Crippen LogP contribution in [0.2, 0.25) is 0 Å². The maximum absolute atomic E-state index is 11.0. The smallest absolute Gasteiger partial charge is 0.272 e. The van der Waals surface area contributed by atoms with Crippen molar-refractivity contribution in [2.24, 2.45) is 16.9 Å². The molecule has 122 valence electrons. The third kappa shape index (κ3) is 4.60. The van der Waals surface area contributed by atoms with Crippen LogP contribution in [0.3, 0.4) is 0 Å². The lowest BCUT2D eigenvalue weighted by Crippen LogP contribution is -1.99. The molecule has 0 bridgehead atoms. The van der Waals surface area contributed by atoms with Gasteiger partial charge in [-0.25, -0.2) is 0 Å². The topological polar surface area (TPSA) is 111 Å². The molecule has 0 aromatic heterocycles. The third-order valence-electron chi connectivity index (χ3n) is 3.80. The predicted octanol–water partition coefficient (Wildman–Crippen LogP) is 3.89. The van der Waals surface area contributed by atoms with Gasteiger partial charge < -0.3 is 0 Å². The Morgan fingerprint density at radius 2 is 2.13 bits per heavy atom. The highest BCUT2D eigenvalue weighted by atomic mass is 16.6. The molecule has 0 radical (unpaired) electrons. The summed E-state index contributed by atoms with van der Waals surface area (Å²) in [6, 6.07) is 3.43. The van der Waals surface area contributed by atoms with Gasteiger partial charge >= 0.3 is 5.69 Å². The lowest BCUT2D eigenvalue weighted by Gasteiger charge is -2.01. The summed E-state index contributed by atoms with van der Waals surface area (Å²) in [6.07, 6.45) is 7.98. The van der Waals surface area contributed by atoms with E-state index in [1.807, 2.05) is 6.08 Å². The van der Waals surface area contributed by atoms with E-state index >= 15 is 0 Å². The minimum absolute atomic E-state index is 0.140. The SMILES string of the molecule is C=CCCC[C@H]1C[C@H]1/C=N\Nc1ccc([N+](=O)[O-])cc1[N+](=O)[O-]. The van der Waals surface area contributed by atoms with Crippen LogP contribution in [0.15, 0.2) is 36.0 Å². The van der Waals surface area contributed by atoms with Gasteiger partial charge in [0.2, 0.25) is 0 Å². The Morgan fingerprint density at radius 3 is 2.78 bits per heavy atom. The third-order valence-corrected chi connectivity index (χ3v) is 3.80. The van der Waals surface area contributed by atoms with Crippen molar-refractivity contribution in [1.29, 1.82) is 0 Å². The number of nitrogens with one attached hydrogen (secondary N) is 1. The number of rotatable bonds is 9. The van der Waals surface area contributed by atoms with Crippen molar-refractivity contribution < 1.29 is 9.85 Å². The fourth-order valence-corrected chi connectivity index (χ4v) is 2.39. The van der Waals surface area contributed by atoms with Crippen molar-refractivity contribution in [2.75, 3.05) is 5.43 Å². The first kappa shape index (κ1) is 16.6. The number of nitro groups is 2. The largest absolute Gasteiger partial charge is 0.301 e. The molecule has 1 saturated carbocycles. The Morgan fingerprint density at radius 1 is 1.35 bits per heavy atom. The van der Waals surface area contributed by atoms with Crippen molar-refractivity contribution >= 4 is 23.3 Å². The van der Waals surface area contributed by atoms with Crippen molar-refractivity contribution in [3.05, 3.63) is 51.1 Å². The quantitative estimate of drug-likeness (QED) is 0.244. The summed E-state index contributed by atoms with van der Waals surface area (Å²) in [7, 11) is 0. The van der Waals surface area contributed by atoms with Gasteiger partial charge in [0.1, 0.15) is 5.69 Å². The molecule has 1 aliphatic rings. The Balaban J connectivity index is 1.93. The molecular weight excluding hydrogens is 300 g/mol. The molecule has 8 nitrogen and oxygen atoms in total. The standard InChI is InChI=1S/C15H18N4O4/c1-2-3-4-5-11-8-12(11)10-16-17-14-7-6-13(18(20)21)9-15(14)19(22)23/h2,6-7,9-12,17H,1,3-5,8H2/b16-10-/t11-,12-/m0/s1. The Bertz CT molecular complexity index is 644. The Hall–Kier alpha value is -2.77. The molecule has 1 fully saturated rings. The van der Waals surface area contributed by atoms with Crippen LogP contribution in [0.25, 0.3) is 0 Å². The van der Waals surface area contributed by atoms with Crippen LogP contribution in [0.5, 0.6) is 0 Å². The number of hydrogen-bond donors (Lipinski definition) is 1. The second kappa shape index (κ2) is 7.48. The summed E-state index contributed by atoms with van der Waals surface area (Å²) in [4.78, 5) is 20.3. The number of unbranched alkanes of at least 4 members (excludes halogenated alkanes) is 1. The molecule has 2 rings (SSSR count). The average Bonchev–Trinajstić information content (AvgIpc) is 3.25. The zero-order valence-electron chi connectivity index (χ0n) is 12.6. The average molecular weight is 318 g/mol. The van der Waals surface area contributed by atoms with Crippen LogP contribution in [0.1, 0.15) is 25.7 Å². The molecular formula is C15H18N4O4. The number of hydrogen-bond acceptors (Lipinski definition) is 6. The fourth-order valence-electron chi connectivity index (χ4n) is 2.39. The van der Waals surface area contributed by atoms with Crippen molar-refractivity contribution in [1.82, 2.24) is 0 Å². The molecule has 1 N–H and O–H groups in total. The molecule has 0 saturated heterocycles. The molecule has 23 heavy (non-hydrogen) atoms. The lowest BCUT2D eigenvalue weighted by molar-refractivity contribution is -0.393. The maximum Gasteiger partial charge on any atom is 0.301 e. The molecule has 0 amide bonds. The monoisotopic (exact) mass is 318 g/mol. The molecule has 8 heteroatoms. The number of benzene rings is 1. The van der Waals surface area contributed by atoms with Crippen molar-refractivity contribution in [3.8, 4) is 0 Å². The molecule has 1 aromatic carbocycles. The number of hydrazone groups is 1. The second-order valence-corrected chi connectivity index (χ2v) is 5.48. The summed E-state index contributed by atoms with van der Waals surface area (Å²) in [5.41, 5.74) is 2.06. The molecule has 0 spiro atoms. The minimum Gasteiger partial charge on any atom is -0.272 e. The summed E-state index contributed by atoms with van der Waals surface area (Å²) in [5, 5.41) is 25.7. The Kier molecular flexibility index (Phi) is 5.40. The maximum atomic E-state index is 11.0. The highest BCUT2D eigenvalue weighted by molar-refractivity contribution is 5.69. The van der Waals surface area contributed by atoms with E-state index in [4.69, 9.17) is 0 Å². The zero-order chi connectivity index (χ0) is 16.8. The molecule has 1 aromatic rings. The van der Waals surface area contributed by atoms with Gasteiger partial charge in [-0.3, -0.25) is 25.7 Å². The van der Waals surface area contributed by atoms with E-state index in [0.717, 1.165) is 31.7 Å². The van der Waals surface area contributed by atoms with Gasteiger partial charge in [0.15, 0.2) is 0 Å². The van der Waals surface area contributed by atoms with Crippen LogP contribution < -0.4 is 5.43 Å². The molecule has 1 aliphatic carbocycles. The molecule has 2 atom stereocenters. The van der Waals surface area contributed by atoms with Gasteiger partial charge in [-0.1, -0.05) is 6.08 Å². The summed E-state index contributed by atoms with van der Waals surface area (Å²) >= 11 is 0. The van der Waals surface area contributed by atoms with E-state index in [2.05, 4.69) is 17.1 Å². The first-order valence-electron chi connectivity index (χ1n) is 7.36. The second-order valence-electron chi connectivity index (χ2n) is 5.48. The lowest BCUT2D eigenvalue weighted by atomic mass is 10.1. The highest BCUT2D eigenvalue weighted by Gasteiger charge is 2.34. The number of allylic oxidation sites excluding steroid dienone is 1. The molecule has 0 unspecified atom stereocenters. The van der Waals surface area contributed by atoms with Gasteiger partial charge in [0.25, 0.3) is 5.69 Å².